The number of hydrogen-bond donors (Lipinski definition) is 3. The third-order valence-corrected chi connectivity index (χ3v) is 5.26. The van der Waals surface area contributed by atoms with Gasteiger partial charge in [0.25, 0.3) is 0 Å². The fourth-order valence-electron chi connectivity index (χ4n) is 3.59. The van der Waals surface area contributed by atoms with Crippen molar-refractivity contribution in [2.75, 3.05) is 25.0 Å². The predicted molar refractivity (Wildman–Crippen MR) is 119 cm³/mol. The van der Waals surface area contributed by atoms with Crippen molar-refractivity contribution in [3.8, 4) is 5.88 Å². The zero-order valence-corrected chi connectivity index (χ0v) is 18.1. The average molecular weight is 450 g/mol. The van der Waals surface area contributed by atoms with Crippen LogP contribution in [0.3, 0.4) is 0 Å². The van der Waals surface area contributed by atoms with Crippen molar-refractivity contribution in [1.29, 1.82) is 0 Å². The first-order chi connectivity index (χ1) is 15.1. The lowest BCUT2D eigenvalue weighted by Gasteiger charge is -2.25. The molecule has 5 nitrogen and oxygen atoms in total. The number of nitrogens with one attached hydrogen (secondary N) is 2. The normalized spacial score (nSPS) is 13.4. The van der Waals surface area contributed by atoms with Gasteiger partial charge in [0, 0.05) is 35.4 Å². The molecule has 9 heteroatoms. The van der Waals surface area contributed by atoms with Gasteiger partial charge in [-0.2, -0.15) is 13.2 Å². The van der Waals surface area contributed by atoms with Gasteiger partial charge in [0.15, 0.2) is 5.88 Å². The van der Waals surface area contributed by atoms with Gasteiger partial charge in [-0.25, -0.2) is 4.39 Å². The number of aromatic hydroxyl groups is 1. The summed E-state index contributed by atoms with van der Waals surface area (Å²) in [6, 6.07) is 7.50. The van der Waals surface area contributed by atoms with Crippen molar-refractivity contribution >= 4 is 28.5 Å². The number of alkyl halides is 3. The van der Waals surface area contributed by atoms with E-state index in [1.165, 1.54) is 36.5 Å². The van der Waals surface area contributed by atoms with E-state index < -0.39 is 17.6 Å². The van der Waals surface area contributed by atoms with Crippen LogP contribution in [0, 0.1) is 5.82 Å². The molecule has 0 saturated carbocycles. The minimum absolute atomic E-state index is 0.0203. The largest absolute Gasteiger partial charge is 0.494 e. The fraction of sp³-hybridized carbons (Fsp3) is 0.348. The summed E-state index contributed by atoms with van der Waals surface area (Å²) in [5.41, 5.74) is -0.101. The van der Waals surface area contributed by atoms with Gasteiger partial charge in [-0.15, -0.1) is 0 Å². The minimum Gasteiger partial charge on any atom is -0.494 e. The van der Waals surface area contributed by atoms with Gasteiger partial charge >= 0.3 is 6.18 Å². The standard InChI is InChI=1S/C23H26F4N4O/c1-4-31(5-2)13-14(3)29-21-9-7-16(11-19(21)23(25,26)27)28-12-18-17-10-15(24)6-8-20(17)30-22(18)32/h6-12,14,29-30,32H,4-5,13H2,1-3H3. The summed E-state index contributed by atoms with van der Waals surface area (Å²) in [7, 11) is 0. The monoisotopic (exact) mass is 450 g/mol. The number of fused-ring (bicyclic) bond motifs is 1. The Bertz CT molecular complexity index is 1100. The highest BCUT2D eigenvalue weighted by atomic mass is 19.4. The Morgan fingerprint density at radius 1 is 1.16 bits per heavy atom. The maximum Gasteiger partial charge on any atom is 0.418 e. The van der Waals surface area contributed by atoms with Crippen molar-refractivity contribution in [2.24, 2.45) is 4.99 Å². The number of likely N-dealkylation sites (N-methyl/N-ethyl adjacent to an activating group) is 1. The summed E-state index contributed by atoms with van der Waals surface area (Å²) in [6.45, 7) is 8.08. The molecular weight excluding hydrogens is 424 g/mol. The van der Waals surface area contributed by atoms with Gasteiger partial charge in [0.05, 0.1) is 16.8 Å². The summed E-state index contributed by atoms with van der Waals surface area (Å²) < 4.78 is 54.7. The topological polar surface area (TPSA) is 63.6 Å². The number of halogens is 4. The Morgan fingerprint density at radius 2 is 1.88 bits per heavy atom. The lowest BCUT2D eigenvalue weighted by Crippen LogP contribution is -2.35. The molecule has 0 amide bonds. The highest BCUT2D eigenvalue weighted by Crippen LogP contribution is 2.37. The van der Waals surface area contributed by atoms with Crippen molar-refractivity contribution < 1.29 is 22.7 Å². The van der Waals surface area contributed by atoms with Gasteiger partial charge in [0.1, 0.15) is 5.82 Å². The first-order valence-electron chi connectivity index (χ1n) is 10.4. The third-order valence-electron chi connectivity index (χ3n) is 5.26. The van der Waals surface area contributed by atoms with Gasteiger partial charge in [0.2, 0.25) is 0 Å². The number of rotatable bonds is 8. The van der Waals surface area contributed by atoms with E-state index in [0.29, 0.717) is 17.4 Å². The summed E-state index contributed by atoms with van der Waals surface area (Å²) in [4.78, 5) is 8.91. The van der Waals surface area contributed by atoms with Crippen LogP contribution in [0.5, 0.6) is 5.88 Å². The summed E-state index contributed by atoms with van der Waals surface area (Å²) >= 11 is 0. The van der Waals surface area contributed by atoms with E-state index in [9.17, 15) is 22.7 Å². The lowest BCUT2D eigenvalue weighted by atomic mass is 10.1. The number of aromatic nitrogens is 1. The molecule has 0 saturated heterocycles. The van der Waals surface area contributed by atoms with Crippen LogP contribution < -0.4 is 5.32 Å². The first-order valence-corrected chi connectivity index (χ1v) is 10.4. The molecule has 1 atom stereocenters. The Kier molecular flexibility index (Phi) is 7.08. The second-order valence-electron chi connectivity index (χ2n) is 7.59. The minimum atomic E-state index is -4.57. The highest BCUT2D eigenvalue weighted by Gasteiger charge is 2.34. The summed E-state index contributed by atoms with van der Waals surface area (Å²) in [6.07, 6.45) is -3.35. The fourth-order valence-corrected chi connectivity index (χ4v) is 3.59. The molecule has 2 aromatic carbocycles. The molecule has 1 unspecified atom stereocenters. The molecule has 0 radical (unpaired) electrons. The second kappa shape index (κ2) is 9.60. The Labute approximate surface area is 183 Å². The molecule has 1 heterocycles. The molecule has 3 aromatic rings. The number of aliphatic imine (C=N–C) groups is 1. The Morgan fingerprint density at radius 3 is 2.53 bits per heavy atom. The van der Waals surface area contributed by atoms with Crippen LogP contribution in [0.1, 0.15) is 31.9 Å². The van der Waals surface area contributed by atoms with Crippen LogP contribution in [0.4, 0.5) is 28.9 Å². The van der Waals surface area contributed by atoms with E-state index in [1.54, 1.807) is 0 Å². The number of benzene rings is 2. The molecule has 0 aliphatic rings. The molecule has 3 N–H and O–H groups in total. The van der Waals surface area contributed by atoms with E-state index in [0.717, 1.165) is 19.2 Å². The molecule has 0 spiro atoms. The molecule has 172 valence electrons. The van der Waals surface area contributed by atoms with Crippen molar-refractivity contribution in [3.05, 3.63) is 53.3 Å². The maximum absolute atomic E-state index is 13.7. The molecule has 3 rings (SSSR count). The Hall–Kier alpha value is -3.07. The van der Waals surface area contributed by atoms with Crippen LogP contribution in [-0.4, -0.2) is 46.9 Å². The predicted octanol–water partition coefficient (Wildman–Crippen LogP) is 5.92. The molecule has 0 bridgehead atoms. The SMILES string of the molecule is CCN(CC)CC(C)Nc1ccc(N=Cc2c(O)[nH]c3ccc(F)cc23)cc1C(F)(F)F. The van der Waals surface area contributed by atoms with Crippen LogP contribution in [0.15, 0.2) is 41.4 Å². The molecule has 0 aliphatic carbocycles. The number of aromatic amines is 1. The molecular formula is C23H26F4N4O. The number of nitrogens with zero attached hydrogens (tertiary/aromatic N) is 2. The van der Waals surface area contributed by atoms with Crippen molar-refractivity contribution in [1.82, 2.24) is 9.88 Å². The van der Waals surface area contributed by atoms with Crippen LogP contribution in [0.2, 0.25) is 0 Å². The Balaban J connectivity index is 1.89. The molecule has 0 aliphatic heterocycles. The number of anilines is 1. The van der Waals surface area contributed by atoms with Crippen molar-refractivity contribution in [3.63, 3.8) is 0 Å². The van der Waals surface area contributed by atoms with Crippen molar-refractivity contribution in [2.45, 2.75) is 33.0 Å². The van der Waals surface area contributed by atoms with Gasteiger partial charge in [-0.05, 0) is 56.4 Å². The van der Waals surface area contributed by atoms with E-state index in [4.69, 9.17) is 0 Å². The lowest BCUT2D eigenvalue weighted by molar-refractivity contribution is -0.136. The first kappa shape index (κ1) is 23.6. The zero-order valence-electron chi connectivity index (χ0n) is 18.1. The highest BCUT2D eigenvalue weighted by molar-refractivity contribution is 6.02. The quantitative estimate of drug-likeness (QED) is 0.295. The zero-order chi connectivity index (χ0) is 23.5. The van der Waals surface area contributed by atoms with E-state index in [1.807, 2.05) is 20.8 Å². The third kappa shape index (κ3) is 5.40. The molecule has 32 heavy (non-hydrogen) atoms. The number of H-pyrrole nitrogens is 1. The number of hydrogen-bond acceptors (Lipinski definition) is 4. The maximum atomic E-state index is 13.7. The van der Waals surface area contributed by atoms with E-state index >= 15 is 0 Å². The molecule has 0 fully saturated rings. The van der Waals surface area contributed by atoms with E-state index in [-0.39, 0.29) is 28.9 Å². The van der Waals surface area contributed by atoms with Crippen LogP contribution in [0.25, 0.3) is 10.9 Å². The smallest absolute Gasteiger partial charge is 0.418 e. The molecule has 1 aromatic heterocycles. The van der Waals surface area contributed by atoms with Gasteiger partial charge in [-0.1, -0.05) is 13.8 Å². The van der Waals surface area contributed by atoms with Gasteiger partial charge < -0.3 is 20.3 Å². The van der Waals surface area contributed by atoms with Gasteiger partial charge in [-0.3, -0.25) is 4.99 Å². The average Bonchev–Trinajstić information content (AvgIpc) is 3.04. The summed E-state index contributed by atoms with van der Waals surface area (Å²) in [5, 5.41) is 13.4. The van der Waals surface area contributed by atoms with Crippen LogP contribution in [-0.2, 0) is 6.18 Å². The second-order valence-corrected chi connectivity index (χ2v) is 7.59. The van der Waals surface area contributed by atoms with E-state index in [2.05, 4.69) is 20.2 Å². The summed E-state index contributed by atoms with van der Waals surface area (Å²) in [5.74, 6) is -0.742. The van der Waals surface area contributed by atoms with Crippen LogP contribution >= 0.6 is 0 Å².